The highest BCUT2D eigenvalue weighted by Gasteiger charge is 2.41. The Bertz CT molecular complexity index is 686. The molecule has 0 aromatic heterocycles. The van der Waals surface area contributed by atoms with Crippen LogP contribution in [0.15, 0.2) is 18.2 Å². The molecule has 2 aliphatic rings. The second-order valence-electron chi connectivity index (χ2n) is 6.57. The number of carbonyl (C=O) groups excluding carboxylic acids is 2. The van der Waals surface area contributed by atoms with E-state index in [2.05, 4.69) is 0 Å². The number of benzene rings is 1. The van der Waals surface area contributed by atoms with Gasteiger partial charge in [-0.1, -0.05) is 0 Å². The van der Waals surface area contributed by atoms with Crippen LogP contribution in [0, 0.1) is 0 Å². The molecule has 1 saturated heterocycles. The van der Waals surface area contributed by atoms with E-state index in [1.807, 2.05) is 0 Å². The molecule has 6 nitrogen and oxygen atoms in total. The fourth-order valence-corrected chi connectivity index (χ4v) is 3.10. The van der Waals surface area contributed by atoms with Gasteiger partial charge in [-0.15, -0.1) is 0 Å². The fraction of sp³-hybridized carbons (Fsp3) is 0.556. The summed E-state index contributed by atoms with van der Waals surface area (Å²) in [5.74, 6) is 0.628. The summed E-state index contributed by atoms with van der Waals surface area (Å²) in [5.41, 5.74) is -1.58. The van der Waals surface area contributed by atoms with E-state index in [0.717, 1.165) is 0 Å². The number of likely N-dealkylation sites (tertiary alicyclic amines) is 1. The Balaban J connectivity index is 1.51. The Labute approximate surface area is 149 Å². The van der Waals surface area contributed by atoms with E-state index in [4.69, 9.17) is 9.47 Å². The lowest BCUT2D eigenvalue weighted by atomic mass is 9.91. The lowest BCUT2D eigenvalue weighted by Gasteiger charge is -2.37. The molecule has 142 valence electrons. The lowest BCUT2D eigenvalue weighted by Crippen LogP contribution is -2.50. The van der Waals surface area contributed by atoms with Crippen LogP contribution in [0.2, 0.25) is 0 Å². The zero-order valence-electron chi connectivity index (χ0n) is 14.2. The van der Waals surface area contributed by atoms with Crippen LogP contribution < -0.4 is 9.47 Å². The molecule has 3 rings (SSSR count). The van der Waals surface area contributed by atoms with E-state index >= 15 is 0 Å². The molecule has 1 amide bonds. The van der Waals surface area contributed by atoms with Gasteiger partial charge in [-0.25, -0.2) is 8.78 Å². The van der Waals surface area contributed by atoms with Crippen LogP contribution in [0.3, 0.4) is 0 Å². The van der Waals surface area contributed by atoms with Crippen LogP contribution in [0.5, 0.6) is 11.5 Å². The molecule has 1 fully saturated rings. The van der Waals surface area contributed by atoms with Gasteiger partial charge in [0.1, 0.15) is 18.8 Å². The Morgan fingerprint density at radius 3 is 2.42 bits per heavy atom. The first-order valence-corrected chi connectivity index (χ1v) is 8.60. The normalized spacial score (nSPS) is 18.7. The van der Waals surface area contributed by atoms with E-state index in [9.17, 15) is 23.5 Å². The van der Waals surface area contributed by atoms with Crippen LogP contribution in [0.4, 0.5) is 8.78 Å². The minimum Gasteiger partial charge on any atom is -0.486 e. The standard InChI is InChI=1S/C18H21F2NO5/c19-17(20)18(24)5-7-21(8-6-18)16(23)4-2-13(22)12-1-3-14-15(11-12)26-10-9-25-14/h1,3,11,17,24H,2,4-10H2. The number of aliphatic hydroxyl groups is 1. The highest BCUT2D eigenvalue weighted by Crippen LogP contribution is 2.31. The molecule has 0 saturated carbocycles. The summed E-state index contributed by atoms with van der Waals surface area (Å²) >= 11 is 0. The number of amides is 1. The molecule has 0 radical (unpaired) electrons. The van der Waals surface area contributed by atoms with Crippen molar-refractivity contribution in [1.82, 2.24) is 4.90 Å². The van der Waals surface area contributed by atoms with Gasteiger partial charge in [0.25, 0.3) is 6.43 Å². The minimum absolute atomic E-state index is 0.000379. The smallest absolute Gasteiger partial charge is 0.266 e. The van der Waals surface area contributed by atoms with E-state index in [-0.39, 0.29) is 50.5 Å². The van der Waals surface area contributed by atoms with Gasteiger partial charge >= 0.3 is 0 Å². The van der Waals surface area contributed by atoms with E-state index in [0.29, 0.717) is 30.3 Å². The van der Waals surface area contributed by atoms with E-state index < -0.39 is 12.0 Å². The predicted molar refractivity (Wildman–Crippen MR) is 87.8 cm³/mol. The molecular formula is C18H21F2NO5. The fourth-order valence-electron chi connectivity index (χ4n) is 3.10. The first-order valence-electron chi connectivity index (χ1n) is 8.60. The molecule has 2 aliphatic heterocycles. The number of hydrogen-bond donors (Lipinski definition) is 1. The summed E-state index contributed by atoms with van der Waals surface area (Å²) in [4.78, 5) is 25.9. The summed E-state index contributed by atoms with van der Waals surface area (Å²) < 4.78 is 36.4. The monoisotopic (exact) mass is 369 g/mol. The maximum Gasteiger partial charge on any atom is 0.266 e. The number of carbonyl (C=O) groups is 2. The number of Topliss-reactive ketones (excluding diaryl/α,β-unsaturated/α-hetero) is 1. The van der Waals surface area contributed by atoms with Crippen molar-refractivity contribution in [2.75, 3.05) is 26.3 Å². The lowest BCUT2D eigenvalue weighted by molar-refractivity contribution is -0.147. The van der Waals surface area contributed by atoms with Crippen molar-refractivity contribution in [3.63, 3.8) is 0 Å². The number of halogens is 2. The Hall–Kier alpha value is -2.22. The van der Waals surface area contributed by atoms with E-state index in [1.165, 1.54) is 4.90 Å². The van der Waals surface area contributed by atoms with Crippen molar-refractivity contribution in [2.45, 2.75) is 37.7 Å². The van der Waals surface area contributed by atoms with Crippen LogP contribution >= 0.6 is 0 Å². The SMILES string of the molecule is O=C(CCC(=O)N1CCC(O)(C(F)F)CC1)c1ccc2c(c1)OCCO2. The molecule has 2 heterocycles. The van der Waals surface area contributed by atoms with Gasteiger partial charge in [0.05, 0.1) is 0 Å². The second-order valence-corrected chi connectivity index (χ2v) is 6.57. The summed E-state index contributed by atoms with van der Waals surface area (Å²) in [6.07, 6.45) is -3.12. The average Bonchev–Trinajstić information content (AvgIpc) is 2.66. The van der Waals surface area contributed by atoms with Gasteiger partial charge in [-0.2, -0.15) is 0 Å². The zero-order chi connectivity index (χ0) is 18.7. The topological polar surface area (TPSA) is 76.1 Å². The average molecular weight is 369 g/mol. The second kappa shape index (κ2) is 7.57. The molecular weight excluding hydrogens is 348 g/mol. The number of hydrogen-bond acceptors (Lipinski definition) is 5. The Morgan fingerprint density at radius 1 is 1.12 bits per heavy atom. The third-order valence-corrected chi connectivity index (χ3v) is 4.82. The number of ether oxygens (including phenoxy) is 2. The number of nitrogens with zero attached hydrogens (tertiary/aromatic N) is 1. The van der Waals surface area contributed by atoms with Gasteiger partial charge in [-0.3, -0.25) is 9.59 Å². The Kier molecular flexibility index (Phi) is 5.41. The summed E-state index contributed by atoms with van der Waals surface area (Å²) in [6.45, 7) is 1.02. The third kappa shape index (κ3) is 3.95. The molecule has 0 bridgehead atoms. The number of rotatable bonds is 5. The summed E-state index contributed by atoms with van der Waals surface area (Å²) in [6, 6.07) is 4.90. The first kappa shape index (κ1) is 18.6. The molecule has 1 aromatic rings. The van der Waals surface area contributed by atoms with Crippen LogP contribution in [-0.2, 0) is 4.79 Å². The van der Waals surface area contributed by atoms with Crippen LogP contribution in [-0.4, -0.2) is 60.0 Å². The van der Waals surface area contributed by atoms with E-state index in [1.54, 1.807) is 18.2 Å². The number of ketones is 1. The predicted octanol–water partition coefficient (Wildman–Crippen LogP) is 2.04. The maximum atomic E-state index is 12.8. The molecule has 8 heteroatoms. The largest absolute Gasteiger partial charge is 0.486 e. The Morgan fingerprint density at radius 2 is 1.77 bits per heavy atom. The third-order valence-electron chi connectivity index (χ3n) is 4.82. The van der Waals surface area contributed by atoms with Crippen molar-refractivity contribution in [3.8, 4) is 11.5 Å². The van der Waals surface area contributed by atoms with Crippen molar-refractivity contribution in [2.24, 2.45) is 0 Å². The molecule has 0 unspecified atom stereocenters. The maximum absolute atomic E-state index is 12.8. The quantitative estimate of drug-likeness (QED) is 0.804. The summed E-state index contributed by atoms with van der Waals surface area (Å²) in [7, 11) is 0. The molecule has 1 aromatic carbocycles. The summed E-state index contributed by atoms with van der Waals surface area (Å²) in [5, 5.41) is 9.75. The number of piperidine rings is 1. The highest BCUT2D eigenvalue weighted by molar-refractivity contribution is 5.98. The molecule has 0 atom stereocenters. The first-order chi connectivity index (χ1) is 12.4. The van der Waals surface area contributed by atoms with Gasteiger partial charge in [-0.05, 0) is 31.0 Å². The molecule has 0 aliphatic carbocycles. The van der Waals surface area contributed by atoms with Crippen LogP contribution in [0.1, 0.15) is 36.0 Å². The molecule has 26 heavy (non-hydrogen) atoms. The number of alkyl halides is 2. The molecule has 1 N–H and O–H groups in total. The van der Waals surface area contributed by atoms with Crippen molar-refractivity contribution in [3.05, 3.63) is 23.8 Å². The van der Waals surface area contributed by atoms with Crippen molar-refractivity contribution >= 4 is 11.7 Å². The van der Waals surface area contributed by atoms with Crippen LogP contribution in [0.25, 0.3) is 0 Å². The van der Waals surface area contributed by atoms with Gasteiger partial charge in [0.2, 0.25) is 5.91 Å². The molecule has 0 spiro atoms. The number of fused-ring (bicyclic) bond motifs is 1. The highest BCUT2D eigenvalue weighted by atomic mass is 19.3. The van der Waals surface area contributed by atoms with Gasteiger partial charge < -0.3 is 19.5 Å². The van der Waals surface area contributed by atoms with Gasteiger partial charge in [0, 0.05) is 31.5 Å². The zero-order valence-corrected chi connectivity index (χ0v) is 14.2. The van der Waals surface area contributed by atoms with Crippen molar-refractivity contribution < 1.29 is 33.0 Å². The van der Waals surface area contributed by atoms with Gasteiger partial charge in [0.15, 0.2) is 17.3 Å². The van der Waals surface area contributed by atoms with Crippen molar-refractivity contribution in [1.29, 1.82) is 0 Å². The minimum atomic E-state index is -2.82.